The first kappa shape index (κ1) is 22.9. The number of carbonyl (C=O) groups excluding carboxylic acids is 5. The van der Waals surface area contributed by atoms with Crippen molar-refractivity contribution >= 4 is 29.7 Å². The minimum absolute atomic E-state index is 0.0883. The monoisotopic (exact) mass is 506 g/mol. The van der Waals surface area contributed by atoms with Crippen LogP contribution in [0.3, 0.4) is 0 Å². The summed E-state index contributed by atoms with van der Waals surface area (Å²) >= 11 is 0. The molecule has 38 heavy (non-hydrogen) atoms. The van der Waals surface area contributed by atoms with E-state index in [0.29, 0.717) is 11.3 Å². The van der Waals surface area contributed by atoms with Crippen LogP contribution in [0, 0.1) is 0 Å². The van der Waals surface area contributed by atoms with Crippen LogP contribution in [0.15, 0.2) is 84.9 Å². The highest BCUT2D eigenvalue weighted by molar-refractivity contribution is 6.15. The van der Waals surface area contributed by atoms with E-state index in [4.69, 9.17) is 9.47 Å². The van der Waals surface area contributed by atoms with Gasteiger partial charge in [-0.3, -0.25) is 4.79 Å². The highest BCUT2D eigenvalue weighted by atomic mass is 16.6. The number of hydrogen-bond acceptors (Lipinski definition) is 9. The molecule has 0 amide bonds. The third-order valence-electron chi connectivity index (χ3n) is 5.92. The molecule has 0 radical (unpaired) electrons. The van der Waals surface area contributed by atoms with E-state index in [1.807, 2.05) is 0 Å². The van der Waals surface area contributed by atoms with Gasteiger partial charge in [0.2, 0.25) is 0 Å². The Morgan fingerprint density at radius 3 is 1.74 bits per heavy atom. The van der Waals surface area contributed by atoms with Crippen LogP contribution in [0.2, 0.25) is 0 Å². The van der Waals surface area contributed by atoms with Crippen LogP contribution in [-0.4, -0.2) is 29.7 Å². The quantitative estimate of drug-likeness (QED) is 0.199. The summed E-state index contributed by atoms with van der Waals surface area (Å²) in [7, 11) is 0. The van der Waals surface area contributed by atoms with Crippen LogP contribution in [0.1, 0.15) is 57.4 Å². The average Bonchev–Trinajstić information content (AvgIpc) is 3.37. The van der Waals surface area contributed by atoms with Gasteiger partial charge in [0.25, 0.3) is 0 Å². The van der Waals surface area contributed by atoms with Crippen molar-refractivity contribution in [2.75, 3.05) is 0 Å². The third-order valence-corrected chi connectivity index (χ3v) is 5.92. The minimum atomic E-state index is -0.761. The van der Waals surface area contributed by atoms with Gasteiger partial charge in [-0.15, -0.1) is 0 Å². The lowest BCUT2D eigenvalue weighted by Crippen LogP contribution is -2.04. The molecular formula is C29H14O9. The molecule has 0 atom stereocenters. The standard InChI is InChI=1S/C29H14O9/c30-25(15-4-3-5-16(12-15)35-17-8-10-19-22(13-17)28(33)37-26(19)31)21-6-1-2-7-24(21)36-18-9-11-20-23(14-18)29(34)38-27(20)32/h1-14H. The van der Waals surface area contributed by atoms with Gasteiger partial charge in [-0.05, 0) is 60.7 Å². The van der Waals surface area contributed by atoms with Gasteiger partial charge in [0.15, 0.2) is 5.78 Å². The minimum Gasteiger partial charge on any atom is -0.457 e. The van der Waals surface area contributed by atoms with E-state index in [2.05, 4.69) is 9.47 Å². The van der Waals surface area contributed by atoms with E-state index in [-0.39, 0.29) is 50.8 Å². The van der Waals surface area contributed by atoms with Crippen molar-refractivity contribution < 1.29 is 42.9 Å². The van der Waals surface area contributed by atoms with Crippen molar-refractivity contribution in [1.29, 1.82) is 0 Å². The first-order chi connectivity index (χ1) is 18.4. The average molecular weight is 506 g/mol. The van der Waals surface area contributed by atoms with Gasteiger partial charge in [0.1, 0.15) is 23.0 Å². The second-order valence-corrected chi connectivity index (χ2v) is 8.33. The molecule has 0 aromatic heterocycles. The third kappa shape index (κ3) is 3.97. The lowest BCUT2D eigenvalue weighted by Gasteiger charge is -2.12. The molecule has 2 aliphatic heterocycles. The summed E-state index contributed by atoms with van der Waals surface area (Å²) in [6.45, 7) is 0. The molecule has 2 heterocycles. The number of rotatable bonds is 6. The molecule has 184 valence electrons. The second kappa shape index (κ2) is 8.82. The first-order valence-corrected chi connectivity index (χ1v) is 11.3. The van der Waals surface area contributed by atoms with Crippen molar-refractivity contribution in [2.45, 2.75) is 0 Å². The maximum atomic E-state index is 13.4. The van der Waals surface area contributed by atoms with Crippen molar-refractivity contribution in [2.24, 2.45) is 0 Å². The Hall–Kier alpha value is -5.57. The normalized spacial score (nSPS) is 13.5. The number of hydrogen-bond donors (Lipinski definition) is 0. The summed E-state index contributed by atoms with van der Waals surface area (Å²) in [6.07, 6.45) is 0. The van der Waals surface area contributed by atoms with Crippen molar-refractivity contribution in [3.8, 4) is 23.0 Å². The predicted molar refractivity (Wildman–Crippen MR) is 129 cm³/mol. The van der Waals surface area contributed by atoms with E-state index in [1.54, 1.807) is 42.5 Å². The molecule has 4 aromatic rings. The molecule has 0 unspecified atom stereocenters. The largest absolute Gasteiger partial charge is 0.457 e. The summed E-state index contributed by atoms with van der Waals surface area (Å²) in [6, 6.07) is 21.7. The maximum absolute atomic E-state index is 13.4. The van der Waals surface area contributed by atoms with Gasteiger partial charge in [-0.25, -0.2) is 19.2 Å². The maximum Gasteiger partial charge on any atom is 0.347 e. The predicted octanol–water partition coefficient (Wildman–Crippen LogP) is 5.12. The van der Waals surface area contributed by atoms with Gasteiger partial charge >= 0.3 is 23.9 Å². The van der Waals surface area contributed by atoms with Gasteiger partial charge in [-0.2, -0.15) is 0 Å². The zero-order chi connectivity index (χ0) is 26.4. The molecule has 0 N–H and O–H groups in total. The summed E-state index contributed by atoms with van der Waals surface area (Å²) < 4.78 is 20.9. The van der Waals surface area contributed by atoms with Crippen molar-refractivity contribution in [3.63, 3.8) is 0 Å². The molecule has 6 rings (SSSR count). The molecule has 0 aliphatic carbocycles. The van der Waals surface area contributed by atoms with Crippen LogP contribution in [0.25, 0.3) is 0 Å². The summed E-state index contributed by atoms with van der Waals surface area (Å²) in [5.41, 5.74) is 1.06. The number of carbonyl (C=O) groups is 5. The first-order valence-electron chi connectivity index (χ1n) is 11.3. The van der Waals surface area contributed by atoms with Crippen LogP contribution in [-0.2, 0) is 9.47 Å². The van der Waals surface area contributed by atoms with Crippen molar-refractivity contribution in [1.82, 2.24) is 0 Å². The highest BCUT2D eigenvalue weighted by Crippen LogP contribution is 2.32. The zero-order valence-corrected chi connectivity index (χ0v) is 19.3. The Kier molecular flexibility index (Phi) is 5.31. The molecule has 0 fully saturated rings. The van der Waals surface area contributed by atoms with E-state index < -0.39 is 23.9 Å². The van der Waals surface area contributed by atoms with Gasteiger partial charge < -0.3 is 18.9 Å². The fourth-order valence-electron chi connectivity index (χ4n) is 4.12. The van der Waals surface area contributed by atoms with Crippen molar-refractivity contribution in [3.05, 3.63) is 118 Å². The number of fused-ring (bicyclic) bond motifs is 2. The van der Waals surface area contributed by atoms with Gasteiger partial charge in [-0.1, -0.05) is 24.3 Å². The fraction of sp³-hybridized carbons (Fsp3) is 0. The molecule has 4 aromatic carbocycles. The molecule has 0 spiro atoms. The Morgan fingerprint density at radius 1 is 0.526 bits per heavy atom. The lowest BCUT2D eigenvalue weighted by atomic mass is 10.0. The van der Waals surface area contributed by atoms with Crippen LogP contribution in [0.5, 0.6) is 23.0 Å². The lowest BCUT2D eigenvalue weighted by molar-refractivity contribution is 0.0425. The number of benzene rings is 4. The number of esters is 4. The Balaban J connectivity index is 1.26. The van der Waals surface area contributed by atoms with Crippen LogP contribution >= 0.6 is 0 Å². The van der Waals surface area contributed by atoms with E-state index in [0.717, 1.165) is 0 Å². The van der Waals surface area contributed by atoms with Crippen LogP contribution < -0.4 is 9.47 Å². The molecular weight excluding hydrogens is 492 g/mol. The SMILES string of the molecule is O=C(c1cccc(Oc2ccc3c(c2)C(=O)OC3=O)c1)c1ccccc1Oc1ccc2c(c1)C(=O)OC2=O. The molecule has 0 bridgehead atoms. The van der Waals surface area contributed by atoms with E-state index >= 15 is 0 Å². The smallest absolute Gasteiger partial charge is 0.347 e. The zero-order valence-electron chi connectivity index (χ0n) is 19.3. The molecule has 0 saturated heterocycles. The second-order valence-electron chi connectivity index (χ2n) is 8.33. The van der Waals surface area contributed by atoms with Crippen LogP contribution in [0.4, 0.5) is 0 Å². The topological polar surface area (TPSA) is 122 Å². The molecule has 9 heteroatoms. The van der Waals surface area contributed by atoms with Gasteiger partial charge in [0.05, 0.1) is 27.8 Å². The summed E-state index contributed by atoms with van der Waals surface area (Å²) in [4.78, 5) is 60.5. The number of para-hydroxylation sites is 1. The fourth-order valence-corrected chi connectivity index (χ4v) is 4.12. The Morgan fingerprint density at radius 2 is 1.08 bits per heavy atom. The van der Waals surface area contributed by atoms with E-state index in [9.17, 15) is 24.0 Å². The van der Waals surface area contributed by atoms with Gasteiger partial charge in [0, 0.05) is 5.56 Å². The highest BCUT2D eigenvalue weighted by Gasteiger charge is 2.31. The Labute approximate surface area is 214 Å². The number of ketones is 1. The summed E-state index contributed by atoms with van der Waals surface area (Å²) in [5, 5.41) is 0. The molecule has 2 aliphatic rings. The number of cyclic esters (lactones) is 4. The number of ether oxygens (including phenoxy) is 4. The Bertz CT molecular complexity index is 1720. The molecule has 0 saturated carbocycles. The van der Waals surface area contributed by atoms with E-state index in [1.165, 1.54) is 42.5 Å². The molecule has 9 nitrogen and oxygen atoms in total. The summed E-state index contributed by atoms with van der Waals surface area (Å²) in [5.74, 6) is -2.19.